The molecule has 0 unspecified atom stereocenters. The van der Waals surface area contributed by atoms with Gasteiger partial charge in [0.2, 0.25) is 5.95 Å². The second-order valence-electron chi connectivity index (χ2n) is 4.36. The summed E-state index contributed by atoms with van der Waals surface area (Å²) in [7, 11) is 0. The van der Waals surface area contributed by atoms with Crippen LogP contribution in [0.1, 0.15) is 20.3 Å². The van der Waals surface area contributed by atoms with E-state index in [-0.39, 0.29) is 5.82 Å². The highest BCUT2D eigenvalue weighted by atomic mass is 19.1. The van der Waals surface area contributed by atoms with E-state index in [2.05, 4.69) is 29.1 Å². The van der Waals surface area contributed by atoms with E-state index in [1.54, 1.807) is 6.07 Å². The molecule has 2 aromatic rings. The summed E-state index contributed by atoms with van der Waals surface area (Å²) in [6.07, 6.45) is 1.09. The zero-order valence-corrected chi connectivity index (χ0v) is 9.55. The first-order valence-corrected chi connectivity index (χ1v) is 5.54. The van der Waals surface area contributed by atoms with Crippen LogP contribution in [-0.4, -0.2) is 16.5 Å². The standard InChI is InChI=1S/C12H16FN3/c1-8(2)5-6-14-12-15-10-4-3-9(13)7-11(10)16-12/h3-4,7-8H,5-6H2,1-2H3,(H2,14,15,16). The Morgan fingerprint density at radius 1 is 1.44 bits per heavy atom. The molecule has 0 bridgehead atoms. The topological polar surface area (TPSA) is 40.7 Å². The van der Waals surface area contributed by atoms with E-state index >= 15 is 0 Å². The molecule has 0 atom stereocenters. The number of nitrogens with one attached hydrogen (secondary N) is 2. The van der Waals surface area contributed by atoms with E-state index in [1.807, 2.05) is 0 Å². The molecule has 2 N–H and O–H groups in total. The number of rotatable bonds is 4. The molecule has 0 saturated heterocycles. The van der Waals surface area contributed by atoms with Gasteiger partial charge >= 0.3 is 0 Å². The molecule has 1 heterocycles. The number of imidazole rings is 1. The molecule has 1 aromatic carbocycles. The number of fused-ring (bicyclic) bond motifs is 1. The Balaban J connectivity index is 2.08. The summed E-state index contributed by atoms with van der Waals surface area (Å²) in [4.78, 5) is 7.37. The monoisotopic (exact) mass is 221 g/mol. The molecule has 0 aliphatic carbocycles. The van der Waals surface area contributed by atoms with Crippen molar-refractivity contribution >= 4 is 17.0 Å². The normalized spacial score (nSPS) is 11.2. The van der Waals surface area contributed by atoms with Crippen LogP contribution in [0.3, 0.4) is 0 Å². The number of aromatic amines is 1. The Bertz CT molecular complexity index is 476. The van der Waals surface area contributed by atoms with Crippen molar-refractivity contribution in [3.05, 3.63) is 24.0 Å². The van der Waals surface area contributed by atoms with Gasteiger partial charge in [-0.15, -0.1) is 0 Å². The Morgan fingerprint density at radius 2 is 2.25 bits per heavy atom. The van der Waals surface area contributed by atoms with Gasteiger partial charge in [-0.2, -0.15) is 0 Å². The molecule has 0 amide bonds. The van der Waals surface area contributed by atoms with Gasteiger partial charge in [0.15, 0.2) is 0 Å². The molecule has 0 radical (unpaired) electrons. The molecule has 0 saturated carbocycles. The van der Waals surface area contributed by atoms with Crippen molar-refractivity contribution in [1.82, 2.24) is 9.97 Å². The first-order chi connectivity index (χ1) is 7.65. The molecular formula is C12H16FN3. The summed E-state index contributed by atoms with van der Waals surface area (Å²) in [5.74, 6) is 1.13. The van der Waals surface area contributed by atoms with E-state index < -0.39 is 0 Å². The second-order valence-corrected chi connectivity index (χ2v) is 4.36. The van der Waals surface area contributed by atoms with Crippen molar-refractivity contribution in [3.63, 3.8) is 0 Å². The summed E-state index contributed by atoms with van der Waals surface area (Å²) >= 11 is 0. The number of H-pyrrole nitrogens is 1. The smallest absolute Gasteiger partial charge is 0.201 e. The SMILES string of the molecule is CC(C)CCNc1nc2ccc(F)cc2[nH]1. The highest BCUT2D eigenvalue weighted by molar-refractivity contribution is 5.77. The number of hydrogen-bond donors (Lipinski definition) is 2. The quantitative estimate of drug-likeness (QED) is 0.832. The van der Waals surface area contributed by atoms with Crippen LogP contribution in [0.5, 0.6) is 0 Å². The minimum Gasteiger partial charge on any atom is -0.356 e. The van der Waals surface area contributed by atoms with Crippen LogP contribution in [0, 0.1) is 11.7 Å². The van der Waals surface area contributed by atoms with Gasteiger partial charge in [-0.05, 0) is 30.5 Å². The van der Waals surface area contributed by atoms with E-state index in [0.29, 0.717) is 11.9 Å². The van der Waals surface area contributed by atoms with Crippen molar-refractivity contribution < 1.29 is 4.39 Å². The minimum atomic E-state index is -0.245. The molecular weight excluding hydrogens is 205 g/mol. The molecule has 86 valence electrons. The molecule has 0 aliphatic rings. The fraction of sp³-hybridized carbons (Fsp3) is 0.417. The average molecular weight is 221 g/mol. The summed E-state index contributed by atoms with van der Waals surface area (Å²) in [6, 6.07) is 4.55. The van der Waals surface area contributed by atoms with Crippen LogP contribution in [0.4, 0.5) is 10.3 Å². The van der Waals surface area contributed by atoms with Crippen molar-refractivity contribution in [1.29, 1.82) is 0 Å². The molecule has 0 fully saturated rings. The Kier molecular flexibility index (Phi) is 3.08. The third-order valence-electron chi connectivity index (χ3n) is 2.46. The summed E-state index contributed by atoms with van der Waals surface area (Å²) in [6.45, 7) is 5.23. The number of halogens is 1. The van der Waals surface area contributed by atoms with Crippen LogP contribution >= 0.6 is 0 Å². The largest absolute Gasteiger partial charge is 0.356 e. The Hall–Kier alpha value is -1.58. The lowest BCUT2D eigenvalue weighted by Gasteiger charge is -2.04. The molecule has 16 heavy (non-hydrogen) atoms. The molecule has 3 nitrogen and oxygen atoms in total. The van der Waals surface area contributed by atoms with Gasteiger partial charge in [-0.1, -0.05) is 13.8 Å². The Labute approximate surface area is 94.1 Å². The number of hydrogen-bond acceptors (Lipinski definition) is 2. The van der Waals surface area contributed by atoms with Crippen LogP contribution in [0.25, 0.3) is 11.0 Å². The van der Waals surface area contributed by atoms with Crippen molar-refractivity contribution in [2.24, 2.45) is 5.92 Å². The zero-order chi connectivity index (χ0) is 11.5. The summed E-state index contributed by atoms with van der Waals surface area (Å²) in [5.41, 5.74) is 1.51. The highest BCUT2D eigenvalue weighted by Crippen LogP contribution is 2.15. The molecule has 0 aliphatic heterocycles. The van der Waals surface area contributed by atoms with Crippen LogP contribution in [0.2, 0.25) is 0 Å². The van der Waals surface area contributed by atoms with Crippen molar-refractivity contribution in [2.45, 2.75) is 20.3 Å². The molecule has 4 heteroatoms. The van der Waals surface area contributed by atoms with E-state index in [0.717, 1.165) is 24.0 Å². The maximum atomic E-state index is 12.9. The molecule has 2 rings (SSSR count). The first kappa shape index (κ1) is 10.9. The van der Waals surface area contributed by atoms with Crippen LogP contribution < -0.4 is 5.32 Å². The predicted octanol–water partition coefficient (Wildman–Crippen LogP) is 3.16. The van der Waals surface area contributed by atoms with Gasteiger partial charge in [0.05, 0.1) is 11.0 Å². The molecule has 1 aromatic heterocycles. The van der Waals surface area contributed by atoms with Gasteiger partial charge in [0, 0.05) is 6.54 Å². The fourth-order valence-electron chi connectivity index (χ4n) is 1.54. The van der Waals surface area contributed by atoms with Gasteiger partial charge in [0.25, 0.3) is 0 Å². The van der Waals surface area contributed by atoms with E-state index in [1.165, 1.54) is 12.1 Å². The van der Waals surface area contributed by atoms with Crippen molar-refractivity contribution in [3.8, 4) is 0 Å². The minimum absolute atomic E-state index is 0.245. The third kappa shape index (κ3) is 2.51. The van der Waals surface area contributed by atoms with Crippen LogP contribution in [0.15, 0.2) is 18.2 Å². The van der Waals surface area contributed by atoms with Gasteiger partial charge in [-0.25, -0.2) is 9.37 Å². The van der Waals surface area contributed by atoms with Crippen molar-refractivity contribution in [2.75, 3.05) is 11.9 Å². The second kappa shape index (κ2) is 4.51. The highest BCUT2D eigenvalue weighted by Gasteiger charge is 2.03. The third-order valence-corrected chi connectivity index (χ3v) is 2.46. The van der Waals surface area contributed by atoms with E-state index in [9.17, 15) is 4.39 Å². The summed E-state index contributed by atoms with van der Waals surface area (Å²) < 4.78 is 12.9. The van der Waals surface area contributed by atoms with Gasteiger partial charge in [-0.3, -0.25) is 0 Å². The predicted molar refractivity (Wildman–Crippen MR) is 64.0 cm³/mol. The number of aromatic nitrogens is 2. The number of nitrogens with zero attached hydrogens (tertiary/aromatic N) is 1. The average Bonchev–Trinajstić information content (AvgIpc) is 2.58. The number of anilines is 1. The van der Waals surface area contributed by atoms with E-state index in [4.69, 9.17) is 0 Å². The summed E-state index contributed by atoms with van der Waals surface area (Å²) in [5, 5.41) is 3.20. The zero-order valence-electron chi connectivity index (χ0n) is 9.55. The number of benzene rings is 1. The Morgan fingerprint density at radius 3 is 3.00 bits per heavy atom. The lowest BCUT2D eigenvalue weighted by Crippen LogP contribution is -2.05. The fourth-order valence-corrected chi connectivity index (χ4v) is 1.54. The lowest BCUT2D eigenvalue weighted by atomic mass is 10.1. The van der Waals surface area contributed by atoms with Gasteiger partial charge < -0.3 is 10.3 Å². The van der Waals surface area contributed by atoms with Gasteiger partial charge in [0.1, 0.15) is 5.82 Å². The lowest BCUT2D eigenvalue weighted by molar-refractivity contribution is 0.606. The maximum absolute atomic E-state index is 12.9. The maximum Gasteiger partial charge on any atom is 0.201 e. The van der Waals surface area contributed by atoms with Crippen LogP contribution in [-0.2, 0) is 0 Å². The molecule has 0 spiro atoms. The first-order valence-electron chi connectivity index (χ1n) is 5.54.